The number of para-hydroxylation sites is 2. The van der Waals surface area contributed by atoms with E-state index < -0.39 is 0 Å². The van der Waals surface area contributed by atoms with E-state index in [4.69, 9.17) is 0 Å². The highest BCUT2D eigenvalue weighted by molar-refractivity contribution is 7.14. The number of hydrogen-bond acceptors (Lipinski definition) is 3. The smallest absolute Gasteiger partial charge is 0.102 e. The molecule has 0 unspecified atom stereocenters. The molecule has 16 heavy (non-hydrogen) atoms. The molecule has 0 saturated carbocycles. The maximum atomic E-state index is 4.42. The topological polar surface area (TPSA) is 24.4 Å². The molecule has 2 heterocycles. The first-order valence-corrected chi connectivity index (χ1v) is 5.29. The molecule has 84 valence electrons. The zero-order chi connectivity index (χ0) is 9.38. The number of benzene rings is 1. The van der Waals surface area contributed by atoms with Gasteiger partial charge in [-0.3, -0.25) is 4.99 Å². The molecule has 1 aliphatic rings. The van der Waals surface area contributed by atoms with E-state index in [1.54, 1.807) is 11.3 Å². The number of nitrogens with one attached hydrogen (secondary N) is 1. The highest BCUT2D eigenvalue weighted by atomic mass is 35.5. The van der Waals surface area contributed by atoms with Gasteiger partial charge in [0, 0.05) is 11.8 Å². The summed E-state index contributed by atoms with van der Waals surface area (Å²) in [5.41, 5.74) is 3.23. The molecule has 1 aromatic carbocycles. The van der Waals surface area contributed by atoms with Crippen molar-refractivity contribution < 1.29 is 0 Å². The minimum Gasteiger partial charge on any atom is -0.345 e. The van der Waals surface area contributed by atoms with Gasteiger partial charge in [-0.05, 0) is 23.6 Å². The second-order valence-corrected chi connectivity index (χ2v) is 4.02. The Hall–Kier alpha value is -1.03. The molecule has 0 radical (unpaired) electrons. The summed E-state index contributed by atoms with van der Waals surface area (Å²) >= 11 is 1.70. The molecule has 2 aromatic rings. The lowest BCUT2D eigenvalue weighted by atomic mass is 10.3. The summed E-state index contributed by atoms with van der Waals surface area (Å²) < 4.78 is 0. The fourth-order valence-corrected chi connectivity index (χ4v) is 2.25. The Kier molecular flexibility index (Phi) is 4.35. The van der Waals surface area contributed by atoms with Gasteiger partial charge in [0.1, 0.15) is 5.00 Å². The summed E-state index contributed by atoms with van der Waals surface area (Å²) in [4.78, 5) is 4.42. The predicted octanol–water partition coefficient (Wildman–Crippen LogP) is 4.40. The standard InChI is InChI=1S/C11H8N2S.2ClH/c1-2-4-10-9(3-1)12-7-8-5-6-14-11(8)13-10;;/h1-7,13H;2*1H. The van der Waals surface area contributed by atoms with Crippen LogP contribution in [0.4, 0.5) is 16.4 Å². The van der Waals surface area contributed by atoms with Gasteiger partial charge >= 0.3 is 0 Å². The molecular weight excluding hydrogens is 263 g/mol. The molecule has 1 N–H and O–H groups in total. The Morgan fingerprint density at radius 2 is 1.88 bits per heavy atom. The van der Waals surface area contributed by atoms with Gasteiger partial charge in [0.25, 0.3) is 0 Å². The summed E-state index contributed by atoms with van der Waals surface area (Å²) in [7, 11) is 0. The van der Waals surface area contributed by atoms with Crippen molar-refractivity contribution in [2.24, 2.45) is 4.99 Å². The van der Waals surface area contributed by atoms with Crippen molar-refractivity contribution in [1.82, 2.24) is 0 Å². The number of hydrogen-bond donors (Lipinski definition) is 1. The predicted molar refractivity (Wildman–Crippen MR) is 75.8 cm³/mol. The van der Waals surface area contributed by atoms with Gasteiger partial charge < -0.3 is 5.32 Å². The lowest BCUT2D eigenvalue weighted by molar-refractivity contribution is 1.53. The Morgan fingerprint density at radius 1 is 1.06 bits per heavy atom. The normalized spacial score (nSPS) is 11.0. The van der Waals surface area contributed by atoms with Crippen LogP contribution in [0, 0.1) is 0 Å². The highest BCUT2D eigenvalue weighted by Gasteiger charge is 2.08. The first-order valence-electron chi connectivity index (χ1n) is 4.41. The first-order chi connectivity index (χ1) is 6.93. The molecule has 0 fully saturated rings. The van der Waals surface area contributed by atoms with Crippen LogP contribution in [-0.2, 0) is 0 Å². The van der Waals surface area contributed by atoms with Crippen molar-refractivity contribution in [1.29, 1.82) is 0 Å². The molecule has 0 spiro atoms. The van der Waals surface area contributed by atoms with Crippen molar-refractivity contribution >= 4 is 58.7 Å². The third kappa shape index (κ3) is 2.21. The van der Waals surface area contributed by atoms with E-state index in [1.165, 1.54) is 5.00 Å². The molecule has 1 aromatic heterocycles. The molecule has 3 rings (SSSR count). The second kappa shape index (κ2) is 5.34. The van der Waals surface area contributed by atoms with Gasteiger partial charge in [0.15, 0.2) is 0 Å². The maximum Gasteiger partial charge on any atom is 0.102 e. The Morgan fingerprint density at radius 3 is 2.75 bits per heavy atom. The number of fused-ring (bicyclic) bond motifs is 2. The van der Waals surface area contributed by atoms with E-state index in [9.17, 15) is 0 Å². The van der Waals surface area contributed by atoms with E-state index in [0.717, 1.165) is 16.9 Å². The van der Waals surface area contributed by atoms with Gasteiger partial charge in [-0.1, -0.05) is 12.1 Å². The largest absolute Gasteiger partial charge is 0.345 e. The SMILES string of the molecule is C1=Nc2ccccc2Nc2sccc21.Cl.Cl. The average Bonchev–Trinajstić information content (AvgIpc) is 2.58. The molecule has 0 aliphatic carbocycles. The first kappa shape index (κ1) is 13.0. The summed E-state index contributed by atoms with van der Waals surface area (Å²) in [6, 6.07) is 10.1. The number of anilines is 2. The van der Waals surface area contributed by atoms with Crippen LogP contribution in [0.25, 0.3) is 0 Å². The van der Waals surface area contributed by atoms with Gasteiger partial charge in [0.05, 0.1) is 11.4 Å². The van der Waals surface area contributed by atoms with Crippen LogP contribution in [0.1, 0.15) is 5.56 Å². The Labute approximate surface area is 110 Å². The van der Waals surface area contributed by atoms with E-state index in [1.807, 2.05) is 30.5 Å². The number of halogens is 2. The van der Waals surface area contributed by atoms with Crippen LogP contribution < -0.4 is 5.32 Å². The summed E-state index contributed by atoms with van der Waals surface area (Å²) in [6.45, 7) is 0. The number of rotatable bonds is 0. The van der Waals surface area contributed by atoms with E-state index >= 15 is 0 Å². The van der Waals surface area contributed by atoms with Crippen molar-refractivity contribution in [3.63, 3.8) is 0 Å². The van der Waals surface area contributed by atoms with Crippen molar-refractivity contribution in [3.05, 3.63) is 41.3 Å². The number of aliphatic imine (C=N–C) groups is 1. The minimum absolute atomic E-state index is 0. The fraction of sp³-hybridized carbons (Fsp3) is 0. The van der Waals surface area contributed by atoms with Gasteiger partial charge in [-0.25, -0.2) is 0 Å². The van der Waals surface area contributed by atoms with Crippen LogP contribution in [0.15, 0.2) is 40.7 Å². The molecule has 5 heteroatoms. The average molecular weight is 273 g/mol. The summed E-state index contributed by atoms with van der Waals surface area (Å²) in [5, 5.41) is 6.61. The van der Waals surface area contributed by atoms with Gasteiger partial charge in [0.2, 0.25) is 0 Å². The lowest BCUT2D eigenvalue weighted by Crippen LogP contribution is -1.87. The zero-order valence-electron chi connectivity index (χ0n) is 8.21. The maximum absolute atomic E-state index is 4.42. The summed E-state index contributed by atoms with van der Waals surface area (Å²) in [6.07, 6.45) is 1.91. The van der Waals surface area contributed by atoms with Crippen molar-refractivity contribution in [2.45, 2.75) is 0 Å². The van der Waals surface area contributed by atoms with Crippen LogP contribution in [0.2, 0.25) is 0 Å². The third-order valence-electron chi connectivity index (χ3n) is 2.19. The number of nitrogens with zero attached hydrogens (tertiary/aromatic N) is 1. The third-order valence-corrected chi connectivity index (χ3v) is 3.04. The van der Waals surface area contributed by atoms with Crippen molar-refractivity contribution in [3.8, 4) is 0 Å². The summed E-state index contributed by atoms with van der Waals surface area (Å²) in [5.74, 6) is 0. The molecule has 0 amide bonds. The van der Waals surface area contributed by atoms with E-state index in [0.29, 0.717) is 0 Å². The molecular formula is C11H10Cl2N2S. The Bertz CT molecular complexity index is 508. The quantitative estimate of drug-likeness (QED) is 0.645. The molecule has 2 nitrogen and oxygen atoms in total. The Balaban J connectivity index is 0.000000640. The minimum atomic E-state index is 0. The van der Waals surface area contributed by atoms with Gasteiger partial charge in [-0.2, -0.15) is 0 Å². The van der Waals surface area contributed by atoms with Crippen LogP contribution >= 0.6 is 36.2 Å². The molecule has 0 saturated heterocycles. The molecule has 0 bridgehead atoms. The zero-order valence-corrected chi connectivity index (χ0v) is 10.7. The van der Waals surface area contributed by atoms with E-state index in [2.05, 4.69) is 21.8 Å². The second-order valence-electron chi connectivity index (χ2n) is 3.11. The van der Waals surface area contributed by atoms with Crippen LogP contribution in [0.3, 0.4) is 0 Å². The number of thiophene rings is 1. The van der Waals surface area contributed by atoms with E-state index in [-0.39, 0.29) is 24.8 Å². The monoisotopic (exact) mass is 272 g/mol. The lowest BCUT2D eigenvalue weighted by Gasteiger charge is -2.04. The highest BCUT2D eigenvalue weighted by Crippen LogP contribution is 2.34. The van der Waals surface area contributed by atoms with Crippen molar-refractivity contribution in [2.75, 3.05) is 5.32 Å². The van der Waals surface area contributed by atoms with Gasteiger partial charge in [-0.15, -0.1) is 36.2 Å². The fourth-order valence-electron chi connectivity index (χ4n) is 1.48. The van der Waals surface area contributed by atoms with Crippen LogP contribution in [-0.4, -0.2) is 6.21 Å². The molecule has 0 atom stereocenters. The molecule has 1 aliphatic heterocycles. The van der Waals surface area contributed by atoms with Crippen LogP contribution in [0.5, 0.6) is 0 Å².